The monoisotopic (exact) mass is 438 g/mol. The van der Waals surface area contributed by atoms with E-state index in [1.54, 1.807) is 18.2 Å². The molecule has 0 saturated heterocycles. The van der Waals surface area contributed by atoms with Gasteiger partial charge in [-0.15, -0.1) is 0 Å². The summed E-state index contributed by atoms with van der Waals surface area (Å²) in [4.78, 5) is 25.3. The molecule has 1 N–H and O–H groups in total. The third-order valence-electron chi connectivity index (χ3n) is 4.27. The number of halogens is 1. The molecule has 0 bridgehead atoms. The number of anilines is 1. The molecule has 0 amide bonds. The van der Waals surface area contributed by atoms with Crippen molar-refractivity contribution < 1.29 is 24.3 Å². The molecule has 0 heterocycles. The summed E-state index contributed by atoms with van der Waals surface area (Å²) in [6.45, 7) is 0. The average Bonchev–Trinajstić information content (AvgIpc) is 2.78. The van der Waals surface area contributed by atoms with Gasteiger partial charge in [0.05, 0.1) is 23.9 Å². The highest BCUT2D eigenvalue weighted by atomic mass is 35.5. The first-order valence-electron chi connectivity index (χ1n) is 9.02. The van der Waals surface area contributed by atoms with Gasteiger partial charge in [-0.2, -0.15) is 0 Å². The molecule has 0 atom stereocenters. The number of methoxy groups -OCH3 is 1. The largest absolute Gasteiger partial charge is 0.733 e. The number of ketones is 1. The number of benzene rings is 3. The molecular formula is C23H17ClNO6-. The van der Waals surface area contributed by atoms with Gasteiger partial charge in [-0.1, -0.05) is 35.9 Å². The Labute approximate surface area is 183 Å². The lowest BCUT2D eigenvalue weighted by atomic mass is 10.1. The fourth-order valence-electron chi connectivity index (χ4n) is 2.75. The van der Waals surface area contributed by atoms with Crippen LogP contribution in [0.15, 0.2) is 72.8 Å². The summed E-state index contributed by atoms with van der Waals surface area (Å²) in [5, 5.41) is 20.0. The molecule has 0 spiro atoms. The van der Waals surface area contributed by atoms with Crippen LogP contribution >= 0.6 is 11.6 Å². The van der Waals surface area contributed by atoms with Crippen LogP contribution < -0.4 is 14.7 Å². The standard InChI is InChI=1S/C23H17ClNO6/c1-30-21-8-3-2-5-15(21)9-11-20(26)19-14-17(24)10-12-22(19)31-23(27)16-6-4-7-18(13-16)25(28)29/h2-14,28H,1H3/q-1. The average molecular weight is 439 g/mol. The van der Waals surface area contributed by atoms with Gasteiger partial charge in [0.1, 0.15) is 11.5 Å². The highest BCUT2D eigenvalue weighted by molar-refractivity contribution is 6.31. The van der Waals surface area contributed by atoms with Crippen molar-refractivity contribution in [2.75, 3.05) is 12.3 Å². The lowest BCUT2D eigenvalue weighted by Gasteiger charge is -2.21. The van der Waals surface area contributed by atoms with Gasteiger partial charge in [0.2, 0.25) is 0 Å². The maximum absolute atomic E-state index is 12.8. The van der Waals surface area contributed by atoms with Gasteiger partial charge in [0.25, 0.3) is 0 Å². The topological polar surface area (TPSA) is 99.1 Å². The molecule has 0 aliphatic heterocycles. The minimum atomic E-state index is -0.811. The van der Waals surface area contributed by atoms with E-state index in [4.69, 9.17) is 26.3 Å². The van der Waals surface area contributed by atoms with E-state index in [2.05, 4.69) is 0 Å². The number of hydrogen-bond acceptors (Lipinski definition) is 7. The van der Waals surface area contributed by atoms with Crippen molar-refractivity contribution in [3.05, 3.63) is 99.7 Å². The van der Waals surface area contributed by atoms with Gasteiger partial charge in [-0.05, 0) is 54.6 Å². The second-order valence-electron chi connectivity index (χ2n) is 6.29. The summed E-state index contributed by atoms with van der Waals surface area (Å²) in [6.07, 6.45) is 2.91. The Morgan fingerprint density at radius 3 is 2.55 bits per heavy atom. The summed E-state index contributed by atoms with van der Waals surface area (Å²) < 4.78 is 10.6. The zero-order valence-electron chi connectivity index (χ0n) is 16.3. The number of esters is 1. The molecule has 3 rings (SSSR count). The third-order valence-corrected chi connectivity index (χ3v) is 4.50. The lowest BCUT2D eigenvalue weighted by Crippen LogP contribution is -2.13. The number of nitrogens with zero attached hydrogens (tertiary/aromatic N) is 1. The summed E-state index contributed by atoms with van der Waals surface area (Å²) in [5.41, 5.74) is 0.657. The molecule has 0 aliphatic carbocycles. The highest BCUT2D eigenvalue weighted by Gasteiger charge is 2.16. The quantitative estimate of drug-likeness (QED) is 0.179. The number of para-hydroxylation sites is 1. The van der Waals surface area contributed by atoms with Gasteiger partial charge in [0, 0.05) is 10.6 Å². The molecule has 158 valence electrons. The zero-order chi connectivity index (χ0) is 22.4. The predicted octanol–water partition coefficient (Wildman–Crippen LogP) is 5.16. The molecule has 0 aliphatic rings. The van der Waals surface area contributed by atoms with Crippen LogP contribution in [0.25, 0.3) is 6.08 Å². The molecule has 7 nitrogen and oxygen atoms in total. The number of ether oxygens (including phenoxy) is 2. The first-order valence-corrected chi connectivity index (χ1v) is 9.40. The zero-order valence-corrected chi connectivity index (χ0v) is 17.1. The molecule has 8 heteroatoms. The number of rotatable bonds is 7. The van der Waals surface area contributed by atoms with Crippen LogP contribution in [0.5, 0.6) is 11.5 Å². The molecule has 0 aromatic heterocycles. The Balaban J connectivity index is 1.87. The predicted molar refractivity (Wildman–Crippen MR) is 117 cm³/mol. The van der Waals surface area contributed by atoms with Crippen LogP contribution in [0.1, 0.15) is 26.3 Å². The molecule has 0 radical (unpaired) electrons. The minimum Gasteiger partial charge on any atom is -0.733 e. The summed E-state index contributed by atoms with van der Waals surface area (Å²) in [7, 11) is 1.53. The summed E-state index contributed by atoms with van der Waals surface area (Å²) in [5.74, 6) is -0.655. The first-order chi connectivity index (χ1) is 14.9. The van der Waals surface area contributed by atoms with Gasteiger partial charge in [-0.3, -0.25) is 10.0 Å². The van der Waals surface area contributed by atoms with Crippen LogP contribution in [0.4, 0.5) is 5.69 Å². The summed E-state index contributed by atoms with van der Waals surface area (Å²) in [6, 6.07) is 16.8. The van der Waals surface area contributed by atoms with Crippen LogP contribution in [-0.4, -0.2) is 24.1 Å². The molecular weight excluding hydrogens is 422 g/mol. The Morgan fingerprint density at radius 1 is 1.03 bits per heavy atom. The van der Waals surface area contributed by atoms with Crippen molar-refractivity contribution in [3.63, 3.8) is 0 Å². The van der Waals surface area contributed by atoms with Crippen LogP contribution in [-0.2, 0) is 0 Å². The number of allylic oxidation sites excluding steroid dienone is 1. The van der Waals surface area contributed by atoms with Crippen molar-refractivity contribution >= 4 is 35.1 Å². The van der Waals surface area contributed by atoms with E-state index in [0.29, 0.717) is 11.3 Å². The number of carbonyl (C=O) groups is 2. The van der Waals surface area contributed by atoms with Crippen LogP contribution in [0.2, 0.25) is 5.02 Å². The van der Waals surface area contributed by atoms with Gasteiger partial charge < -0.3 is 19.9 Å². The third kappa shape index (κ3) is 5.49. The van der Waals surface area contributed by atoms with Crippen molar-refractivity contribution in [3.8, 4) is 11.5 Å². The Hall–Kier alpha value is -3.65. The second-order valence-corrected chi connectivity index (χ2v) is 6.73. The molecule has 0 fully saturated rings. The fourth-order valence-corrected chi connectivity index (χ4v) is 2.93. The molecule has 3 aromatic rings. The SMILES string of the molecule is COc1ccccc1C=CC(=O)c1cc(Cl)ccc1OC(=O)c1cccc(N([O-])O)c1. The Morgan fingerprint density at radius 2 is 1.81 bits per heavy atom. The molecule has 0 unspecified atom stereocenters. The Kier molecular flexibility index (Phi) is 7.04. The van der Waals surface area contributed by atoms with Crippen molar-refractivity contribution in [1.82, 2.24) is 0 Å². The maximum atomic E-state index is 12.8. The molecule has 0 saturated carbocycles. The van der Waals surface area contributed by atoms with E-state index in [1.807, 2.05) is 12.1 Å². The van der Waals surface area contributed by atoms with E-state index >= 15 is 0 Å². The number of hydrogen-bond donors (Lipinski definition) is 1. The Bertz CT molecular complexity index is 1140. The van der Waals surface area contributed by atoms with E-state index < -0.39 is 11.8 Å². The van der Waals surface area contributed by atoms with E-state index in [1.165, 1.54) is 49.6 Å². The van der Waals surface area contributed by atoms with Gasteiger partial charge >= 0.3 is 5.97 Å². The van der Waals surface area contributed by atoms with E-state index in [0.717, 1.165) is 6.07 Å². The van der Waals surface area contributed by atoms with Crippen molar-refractivity contribution in [2.24, 2.45) is 0 Å². The van der Waals surface area contributed by atoms with Crippen LogP contribution in [0.3, 0.4) is 0 Å². The lowest BCUT2D eigenvalue weighted by molar-refractivity contribution is 0.0733. The van der Waals surface area contributed by atoms with Gasteiger partial charge in [0.15, 0.2) is 5.78 Å². The fraction of sp³-hybridized carbons (Fsp3) is 0.0435. The van der Waals surface area contributed by atoms with E-state index in [9.17, 15) is 14.8 Å². The number of carbonyl (C=O) groups excluding carboxylic acids is 2. The normalized spacial score (nSPS) is 10.7. The summed E-state index contributed by atoms with van der Waals surface area (Å²) >= 11 is 6.03. The highest BCUT2D eigenvalue weighted by Crippen LogP contribution is 2.26. The van der Waals surface area contributed by atoms with Crippen molar-refractivity contribution in [2.45, 2.75) is 0 Å². The molecule has 3 aromatic carbocycles. The smallest absolute Gasteiger partial charge is 0.343 e. The second kappa shape index (κ2) is 9.90. The van der Waals surface area contributed by atoms with Crippen LogP contribution in [0, 0.1) is 5.21 Å². The molecule has 31 heavy (non-hydrogen) atoms. The van der Waals surface area contributed by atoms with Gasteiger partial charge in [-0.25, -0.2) is 4.79 Å². The first kappa shape index (κ1) is 22.0. The maximum Gasteiger partial charge on any atom is 0.343 e. The van der Waals surface area contributed by atoms with Crippen molar-refractivity contribution in [1.29, 1.82) is 0 Å². The minimum absolute atomic E-state index is 0.00235. The van der Waals surface area contributed by atoms with E-state index in [-0.39, 0.29) is 32.8 Å².